The average molecular weight is 274 g/mol. The molecule has 0 spiro atoms. The van der Waals surface area contributed by atoms with E-state index in [0.717, 1.165) is 5.56 Å². The summed E-state index contributed by atoms with van der Waals surface area (Å²) >= 11 is 0. The summed E-state index contributed by atoms with van der Waals surface area (Å²) in [5.41, 5.74) is 1.45. The number of ketones is 1. The van der Waals surface area contributed by atoms with E-state index < -0.39 is 5.82 Å². The highest BCUT2D eigenvalue weighted by Crippen LogP contribution is 2.25. The van der Waals surface area contributed by atoms with Crippen LogP contribution in [0.5, 0.6) is 11.5 Å². The lowest BCUT2D eigenvalue weighted by atomic mass is 9.98. The van der Waals surface area contributed by atoms with Crippen molar-refractivity contribution in [1.82, 2.24) is 0 Å². The molecule has 0 radical (unpaired) electrons. The van der Waals surface area contributed by atoms with E-state index >= 15 is 0 Å². The Balaban J connectivity index is 2.50. The van der Waals surface area contributed by atoms with Gasteiger partial charge in [0, 0.05) is 17.2 Å². The highest BCUT2D eigenvalue weighted by molar-refractivity contribution is 6.10. The van der Waals surface area contributed by atoms with Crippen LogP contribution in [0.3, 0.4) is 0 Å². The second-order valence-corrected chi connectivity index (χ2v) is 4.39. The van der Waals surface area contributed by atoms with E-state index in [4.69, 9.17) is 9.47 Å². The zero-order valence-electron chi connectivity index (χ0n) is 11.6. The molecule has 0 saturated carbocycles. The van der Waals surface area contributed by atoms with Gasteiger partial charge in [0.1, 0.15) is 17.3 Å². The summed E-state index contributed by atoms with van der Waals surface area (Å²) in [6, 6.07) is 9.04. The molecular formula is C16H15FO3. The van der Waals surface area contributed by atoms with Crippen molar-refractivity contribution >= 4 is 5.78 Å². The molecule has 2 aromatic carbocycles. The minimum Gasteiger partial charge on any atom is -0.497 e. The van der Waals surface area contributed by atoms with Crippen molar-refractivity contribution in [3.8, 4) is 11.5 Å². The van der Waals surface area contributed by atoms with Crippen LogP contribution in [0, 0.1) is 12.7 Å². The van der Waals surface area contributed by atoms with Crippen LogP contribution in [-0.2, 0) is 0 Å². The third-order valence-electron chi connectivity index (χ3n) is 3.06. The van der Waals surface area contributed by atoms with Gasteiger partial charge in [-0.15, -0.1) is 0 Å². The molecule has 2 aromatic rings. The number of ether oxygens (including phenoxy) is 2. The molecular weight excluding hydrogens is 259 g/mol. The van der Waals surface area contributed by atoms with E-state index in [1.165, 1.54) is 26.4 Å². The summed E-state index contributed by atoms with van der Waals surface area (Å²) in [6.07, 6.45) is 0. The van der Waals surface area contributed by atoms with Crippen LogP contribution in [0.2, 0.25) is 0 Å². The molecule has 0 aliphatic heterocycles. The number of carbonyl (C=O) groups excluding carboxylic acids is 1. The first-order chi connectivity index (χ1) is 9.55. The number of benzene rings is 2. The normalized spacial score (nSPS) is 10.2. The summed E-state index contributed by atoms with van der Waals surface area (Å²) in [4.78, 5) is 12.5. The molecule has 104 valence electrons. The summed E-state index contributed by atoms with van der Waals surface area (Å²) in [5.74, 6) is 0.330. The van der Waals surface area contributed by atoms with E-state index in [1.54, 1.807) is 31.2 Å². The van der Waals surface area contributed by atoms with Crippen molar-refractivity contribution in [2.24, 2.45) is 0 Å². The molecule has 0 aliphatic carbocycles. The molecule has 0 fully saturated rings. The lowest BCUT2D eigenvalue weighted by molar-refractivity contribution is 0.103. The first-order valence-corrected chi connectivity index (χ1v) is 6.09. The Morgan fingerprint density at radius 3 is 2.15 bits per heavy atom. The molecule has 0 aliphatic rings. The number of hydrogen-bond donors (Lipinski definition) is 0. The lowest BCUT2D eigenvalue weighted by Crippen LogP contribution is -2.05. The van der Waals surface area contributed by atoms with Crippen molar-refractivity contribution in [2.75, 3.05) is 14.2 Å². The van der Waals surface area contributed by atoms with Gasteiger partial charge in [-0.05, 0) is 36.8 Å². The maximum Gasteiger partial charge on any atom is 0.193 e. The fraction of sp³-hybridized carbons (Fsp3) is 0.188. The summed E-state index contributed by atoms with van der Waals surface area (Å²) in [5, 5.41) is 0. The highest BCUT2D eigenvalue weighted by atomic mass is 19.1. The smallest absolute Gasteiger partial charge is 0.193 e. The molecule has 0 unspecified atom stereocenters. The van der Waals surface area contributed by atoms with Gasteiger partial charge < -0.3 is 9.47 Å². The zero-order valence-corrected chi connectivity index (χ0v) is 11.6. The standard InChI is InChI=1S/C16H15FO3/c1-10-4-5-12(17)8-15(10)16(18)11-6-13(19-2)9-14(7-11)20-3/h4-9H,1-3H3. The number of rotatable bonds is 4. The second kappa shape index (κ2) is 5.74. The maximum absolute atomic E-state index is 13.3. The van der Waals surface area contributed by atoms with Crippen LogP contribution in [0.15, 0.2) is 36.4 Å². The molecule has 0 heterocycles. The lowest BCUT2D eigenvalue weighted by Gasteiger charge is -2.09. The molecule has 3 nitrogen and oxygen atoms in total. The third kappa shape index (κ3) is 2.79. The van der Waals surface area contributed by atoms with Crippen molar-refractivity contribution in [3.63, 3.8) is 0 Å². The fourth-order valence-electron chi connectivity index (χ4n) is 1.93. The van der Waals surface area contributed by atoms with E-state index in [9.17, 15) is 9.18 Å². The van der Waals surface area contributed by atoms with Crippen LogP contribution in [0.1, 0.15) is 21.5 Å². The minimum absolute atomic E-state index is 0.265. The van der Waals surface area contributed by atoms with Crippen LogP contribution >= 0.6 is 0 Å². The highest BCUT2D eigenvalue weighted by Gasteiger charge is 2.15. The van der Waals surface area contributed by atoms with Gasteiger partial charge in [-0.2, -0.15) is 0 Å². The molecule has 0 aromatic heterocycles. The van der Waals surface area contributed by atoms with Crippen LogP contribution in [-0.4, -0.2) is 20.0 Å². The minimum atomic E-state index is -0.436. The van der Waals surface area contributed by atoms with E-state index in [-0.39, 0.29) is 5.78 Å². The molecule has 0 saturated heterocycles. The molecule has 20 heavy (non-hydrogen) atoms. The fourth-order valence-corrected chi connectivity index (χ4v) is 1.93. The van der Waals surface area contributed by atoms with Crippen LogP contribution in [0.25, 0.3) is 0 Å². The molecule has 4 heteroatoms. The average Bonchev–Trinajstić information content (AvgIpc) is 2.48. The number of carbonyl (C=O) groups is 1. The summed E-state index contributed by atoms with van der Waals surface area (Å²) < 4.78 is 23.6. The van der Waals surface area contributed by atoms with Crippen molar-refractivity contribution < 1.29 is 18.7 Å². The maximum atomic E-state index is 13.3. The van der Waals surface area contributed by atoms with E-state index in [2.05, 4.69) is 0 Å². The molecule has 0 atom stereocenters. The van der Waals surface area contributed by atoms with E-state index in [0.29, 0.717) is 22.6 Å². The predicted molar refractivity (Wildman–Crippen MR) is 74.1 cm³/mol. The SMILES string of the molecule is COc1cc(OC)cc(C(=O)c2cc(F)ccc2C)c1. The molecule has 2 rings (SSSR count). The van der Waals surface area contributed by atoms with Crippen molar-refractivity contribution in [1.29, 1.82) is 0 Å². The Labute approximate surface area is 117 Å². The first-order valence-electron chi connectivity index (χ1n) is 6.09. The van der Waals surface area contributed by atoms with Gasteiger partial charge in [-0.1, -0.05) is 6.07 Å². The van der Waals surface area contributed by atoms with Gasteiger partial charge in [0.25, 0.3) is 0 Å². The summed E-state index contributed by atoms with van der Waals surface area (Å²) in [7, 11) is 3.02. The number of aryl methyl sites for hydroxylation is 1. The number of methoxy groups -OCH3 is 2. The van der Waals surface area contributed by atoms with Gasteiger partial charge in [0.05, 0.1) is 14.2 Å². The Morgan fingerprint density at radius 1 is 1.00 bits per heavy atom. The van der Waals surface area contributed by atoms with Gasteiger partial charge in [0.15, 0.2) is 5.78 Å². The summed E-state index contributed by atoms with van der Waals surface area (Å²) in [6.45, 7) is 1.77. The quantitative estimate of drug-likeness (QED) is 0.802. The predicted octanol–water partition coefficient (Wildman–Crippen LogP) is 3.38. The number of halogens is 1. The Bertz CT molecular complexity index is 628. The largest absolute Gasteiger partial charge is 0.497 e. The van der Waals surface area contributed by atoms with Gasteiger partial charge in [-0.3, -0.25) is 4.79 Å². The molecule has 0 bridgehead atoms. The van der Waals surface area contributed by atoms with Crippen LogP contribution < -0.4 is 9.47 Å². The topological polar surface area (TPSA) is 35.5 Å². The van der Waals surface area contributed by atoms with Crippen molar-refractivity contribution in [3.05, 3.63) is 58.9 Å². The Morgan fingerprint density at radius 2 is 1.60 bits per heavy atom. The van der Waals surface area contributed by atoms with Gasteiger partial charge in [0.2, 0.25) is 0 Å². The molecule has 0 N–H and O–H groups in total. The Hall–Kier alpha value is -2.36. The second-order valence-electron chi connectivity index (χ2n) is 4.39. The molecule has 0 amide bonds. The van der Waals surface area contributed by atoms with E-state index in [1.807, 2.05) is 0 Å². The van der Waals surface area contributed by atoms with Crippen LogP contribution in [0.4, 0.5) is 4.39 Å². The van der Waals surface area contributed by atoms with Gasteiger partial charge in [-0.25, -0.2) is 4.39 Å². The zero-order chi connectivity index (χ0) is 14.7. The van der Waals surface area contributed by atoms with Gasteiger partial charge >= 0.3 is 0 Å². The van der Waals surface area contributed by atoms with Crippen molar-refractivity contribution in [2.45, 2.75) is 6.92 Å². The number of hydrogen-bond acceptors (Lipinski definition) is 3. The first kappa shape index (κ1) is 14.1. The third-order valence-corrected chi connectivity index (χ3v) is 3.06. The monoisotopic (exact) mass is 274 g/mol. The Kier molecular flexibility index (Phi) is 4.03.